The summed E-state index contributed by atoms with van der Waals surface area (Å²) in [6.07, 6.45) is 3.42. The van der Waals surface area contributed by atoms with Crippen molar-refractivity contribution in [1.29, 1.82) is 0 Å². The van der Waals surface area contributed by atoms with Gasteiger partial charge < -0.3 is 19.1 Å². The van der Waals surface area contributed by atoms with Crippen molar-refractivity contribution >= 4 is 22.7 Å². The average Bonchev–Trinajstić information content (AvgIpc) is 3.00. The summed E-state index contributed by atoms with van der Waals surface area (Å²) in [5, 5.41) is 0.606. The van der Waals surface area contributed by atoms with Crippen LogP contribution in [0.2, 0.25) is 0 Å². The van der Waals surface area contributed by atoms with Gasteiger partial charge in [-0.3, -0.25) is 14.4 Å². The maximum absolute atomic E-state index is 13.1. The van der Waals surface area contributed by atoms with Gasteiger partial charge in [-0.05, 0) is 25.0 Å². The van der Waals surface area contributed by atoms with E-state index in [1.54, 1.807) is 19.4 Å². The van der Waals surface area contributed by atoms with Crippen LogP contribution < -0.4 is 5.43 Å². The second-order valence-electron chi connectivity index (χ2n) is 7.58. The van der Waals surface area contributed by atoms with Gasteiger partial charge in [0.05, 0.1) is 18.0 Å². The number of methoxy groups -OCH3 is 1. The number of hydrogen-bond acceptors (Lipinski definition) is 4. The molecule has 7 nitrogen and oxygen atoms in total. The van der Waals surface area contributed by atoms with Crippen molar-refractivity contribution in [2.24, 2.45) is 5.92 Å². The van der Waals surface area contributed by atoms with E-state index in [-0.39, 0.29) is 35.7 Å². The number of carbonyl (C=O) groups excluding carboxylic acids is 2. The van der Waals surface area contributed by atoms with Crippen molar-refractivity contribution < 1.29 is 14.3 Å². The Morgan fingerprint density at radius 2 is 1.96 bits per heavy atom. The largest absolute Gasteiger partial charge is 0.383 e. The van der Waals surface area contributed by atoms with E-state index in [4.69, 9.17) is 4.74 Å². The van der Waals surface area contributed by atoms with Gasteiger partial charge in [0.15, 0.2) is 5.43 Å². The molecule has 148 valence electrons. The summed E-state index contributed by atoms with van der Waals surface area (Å²) in [6, 6.07) is 8.86. The number of rotatable bonds is 5. The Morgan fingerprint density at radius 3 is 2.79 bits per heavy atom. The highest BCUT2D eigenvalue weighted by molar-refractivity contribution is 5.84. The van der Waals surface area contributed by atoms with Gasteiger partial charge in [0.2, 0.25) is 11.8 Å². The zero-order chi connectivity index (χ0) is 19.7. The molecule has 2 bridgehead atoms. The quantitative estimate of drug-likeness (QED) is 0.775. The summed E-state index contributed by atoms with van der Waals surface area (Å²) in [4.78, 5) is 41.6. The fourth-order valence-corrected chi connectivity index (χ4v) is 4.37. The second-order valence-corrected chi connectivity index (χ2v) is 7.58. The molecule has 0 unspecified atom stereocenters. The Labute approximate surface area is 163 Å². The fraction of sp³-hybridized carbons (Fsp3) is 0.476. The van der Waals surface area contributed by atoms with E-state index < -0.39 is 0 Å². The number of aromatic nitrogens is 1. The Hall–Kier alpha value is -2.67. The van der Waals surface area contributed by atoms with Crippen LogP contribution in [-0.2, 0) is 20.9 Å². The van der Waals surface area contributed by atoms with E-state index in [0.717, 1.165) is 18.4 Å². The highest BCUT2D eigenvalue weighted by Gasteiger charge is 2.41. The van der Waals surface area contributed by atoms with Gasteiger partial charge in [0.25, 0.3) is 0 Å². The van der Waals surface area contributed by atoms with Gasteiger partial charge in [-0.1, -0.05) is 12.1 Å². The molecule has 0 saturated carbocycles. The SMILES string of the molecule is COCCN1C(=O)[C@@H]2CC[C@H]1CN(C(=O)Cn1ccc(=O)c3ccccc31)C2. The Kier molecular flexibility index (Phi) is 5.17. The maximum Gasteiger partial charge on any atom is 0.242 e. The lowest BCUT2D eigenvalue weighted by atomic mass is 9.94. The summed E-state index contributed by atoms with van der Waals surface area (Å²) in [6.45, 7) is 2.26. The molecule has 0 N–H and O–H groups in total. The van der Waals surface area contributed by atoms with Crippen LogP contribution >= 0.6 is 0 Å². The van der Waals surface area contributed by atoms with Gasteiger partial charge in [-0.15, -0.1) is 0 Å². The maximum atomic E-state index is 13.1. The first-order chi connectivity index (χ1) is 13.6. The highest BCUT2D eigenvalue weighted by Crippen LogP contribution is 2.29. The number of ether oxygens (including phenoxy) is 1. The van der Waals surface area contributed by atoms with Crippen LogP contribution in [0.3, 0.4) is 0 Å². The van der Waals surface area contributed by atoms with Gasteiger partial charge in [-0.25, -0.2) is 0 Å². The van der Waals surface area contributed by atoms with E-state index in [9.17, 15) is 14.4 Å². The molecule has 3 saturated heterocycles. The van der Waals surface area contributed by atoms with E-state index in [1.165, 1.54) is 6.07 Å². The average molecular weight is 383 g/mol. The van der Waals surface area contributed by atoms with Crippen LogP contribution in [0.4, 0.5) is 0 Å². The van der Waals surface area contributed by atoms with Crippen LogP contribution in [-0.4, -0.2) is 65.6 Å². The number of para-hydroxylation sites is 1. The molecular weight excluding hydrogens is 358 g/mol. The Balaban J connectivity index is 1.54. The van der Waals surface area contributed by atoms with E-state index >= 15 is 0 Å². The number of fused-ring (bicyclic) bond motifs is 5. The van der Waals surface area contributed by atoms with Crippen molar-refractivity contribution in [3.8, 4) is 0 Å². The summed E-state index contributed by atoms with van der Waals surface area (Å²) < 4.78 is 6.96. The first kappa shape index (κ1) is 18.7. The normalized spacial score (nSPS) is 22.0. The van der Waals surface area contributed by atoms with Gasteiger partial charge in [0.1, 0.15) is 6.54 Å². The van der Waals surface area contributed by atoms with E-state index in [0.29, 0.717) is 31.6 Å². The highest BCUT2D eigenvalue weighted by atomic mass is 16.5. The molecule has 3 fully saturated rings. The van der Waals surface area contributed by atoms with Crippen LogP contribution in [0, 0.1) is 5.92 Å². The van der Waals surface area contributed by atoms with Crippen LogP contribution in [0.1, 0.15) is 12.8 Å². The predicted octanol–water partition coefficient (Wildman–Crippen LogP) is 1.10. The molecule has 1 aromatic heterocycles. The van der Waals surface area contributed by atoms with Crippen LogP contribution in [0.25, 0.3) is 10.9 Å². The van der Waals surface area contributed by atoms with Crippen molar-refractivity contribution in [3.63, 3.8) is 0 Å². The monoisotopic (exact) mass is 383 g/mol. The molecule has 3 aliphatic heterocycles. The molecule has 2 amide bonds. The van der Waals surface area contributed by atoms with Crippen LogP contribution in [0.15, 0.2) is 41.3 Å². The fourth-order valence-electron chi connectivity index (χ4n) is 4.37. The topological polar surface area (TPSA) is 71.8 Å². The molecule has 4 heterocycles. The lowest BCUT2D eigenvalue weighted by Crippen LogP contribution is -2.49. The number of pyridine rings is 1. The number of piperidine rings is 1. The van der Waals surface area contributed by atoms with Gasteiger partial charge in [0, 0.05) is 50.4 Å². The molecule has 1 aromatic carbocycles. The van der Waals surface area contributed by atoms with Crippen molar-refractivity contribution in [1.82, 2.24) is 14.4 Å². The molecule has 2 atom stereocenters. The third-order valence-corrected chi connectivity index (χ3v) is 5.87. The molecular formula is C21H25N3O4. The minimum atomic E-state index is -0.134. The number of benzene rings is 1. The van der Waals surface area contributed by atoms with Crippen LogP contribution in [0.5, 0.6) is 0 Å². The smallest absolute Gasteiger partial charge is 0.242 e. The van der Waals surface area contributed by atoms with Gasteiger partial charge >= 0.3 is 0 Å². The van der Waals surface area contributed by atoms with Crippen molar-refractivity contribution in [2.75, 3.05) is 33.4 Å². The molecule has 3 aliphatic rings. The number of carbonyl (C=O) groups is 2. The summed E-state index contributed by atoms with van der Waals surface area (Å²) in [7, 11) is 1.63. The minimum absolute atomic E-state index is 0.0212. The zero-order valence-corrected chi connectivity index (χ0v) is 16.0. The molecule has 0 spiro atoms. The molecule has 0 aliphatic carbocycles. The standard InChI is InChI=1S/C21H25N3O4/c1-28-11-10-24-16-7-6-15(21(24)27)12-23(13-16)20(26)14-22-9-8-19(25)17-4-2-3-5-18(17)22/h2-5,8-9,15-16H,6-7,10-14H2,1H3/t15-,16+/m1/s1. The summed E-state index contributed by atoms with van der Waals surface area (Å²) >= 11 is 0. The third kappa shape index (κ3) is 3.42. The minimum Gasteiger partial charge on any atom is -0.383 e. The number of hydrogen-bond donors (Lipinski definition) is 0. The Morgan fingerprint density at radius 1 is 1.14 bits per heavy atom. The van der Waals surface area contributed by atoms with Gasteiger partial charge in [-0.2, -0.15) is 0 Å². The molecule has 7 heteroatoms. The number of nitrogens with zero attached hydrogens (tertiary/aromatic N) is 3. The number of amides is 2. The third-order valence-electron chi connectivity index (χ3n) is 5.87. The second kappa shape index (κ2) is 7.75. The lowest BCUT2D eigenvalue weighted by Gasteiger charge is -2.35. The molecule has 2 aromatic rings. The molecule has 0 radical (unpaired) electrons. The predicted molar refractivity (Wildman–Crippen MR) is 105 cm³/mol. The summed E-state index contributed by atoms with van der Waals surface area (Å²) in [5.74, 6) is -0.0187. The summed E-state index contributed by atoms with van der Waals surface area (Å²) in [5.41, 5.74) is 0.699. The molecule has 5 rings (SSSR count). The van der Waals surface area contributed by atoms with E-state index in [2.05, 4.69) is 0 Å². The van der Waals surface area contributed by atoms with Crippen molar-refractivity contribution in [3.05, 3.63) is 46.8 Å². The first-order valence-corrected chi connectivity index (χ1v) is 9.74. The lowest BCUT2D eigenvalue weighted by molar-refractivity contribution is -0.140. The van der Waals surface area contributed by atoms with Crippen molar-refractivity contribution in [2.45, 2.75) is 25.4 Å². The molecule has 28 heavy (non-hydrogen) atoms. The Bertz CT molecular complexity index is 954. The van der Waals surface area contributed by atoms with E-state index in [1.807, 2.05) is 32.6 Å². The first-order valence-electron chi connectivity index (χ1n) is 9.74. The zero-order valence-electron chi connectivity index (χ0n) is 16.0.